The highest BCUT2D eigenvalue weighted by atomic mass is 16.5. The van der Waals surface area contributed by atoms with Crippen molar-refractivity contribution in [2.75, 3.05) is 6.61 Å². The fourth-order valence-electron chi connectivity index (χ4n) is 2.28. The second kappa shape index (κ2) is 4.33. The predicted octanol–water partition coefficient (Wildman–Crippen LogP) is 2.16. The summed E-state index contributed by atoms with van der Waals surface area (Å²) in [5.74, 6) is 0. The van der Waals surface area contributed by atoms with Gasteiger partial charge in [0, 0.05) is 19.4 Å². The predicted molar refractivity (Wildman–Crippen MR) is 59.7 cm³/mol. The number of benzene rings is 1. The van der Waals surface area contributed by atoms with Crippen LogP contribution in [0.3, 0.4) is 0 Å². The van der Waals surface area contributed by atoms with Crippen LogP contribution in [0.4, 0.5) is 0 Å². The van der Waals surface area contributed by atoms with E-state index in [4.69, 9.17) is 4.74 Å². The van der Waals surface area contributed by atoms with Crippen molar-refractivity contribution in [3.05, 3.63) is 35.9 Å². The summed E-state index contributed by atoms with van der Waals surface area (Å²) in [5, 5.41) is 10.4. The third-order valence-electron chi connectivity index (χ3n) is 3.01. The van der Waals surface area contributed by atoms with Gasteiger partial charge in [-0.1, -0.05) is 30.3 Å². The van der Waals surface area contributed by atoms with Crippen molar-refractivity contribution in [2.24, 2.45) is 0 Å². The molecule has 1 saturated heterocycles. The Bertz CT molecular complexity index is 310. The molecule has 1 aromatic rings. The Morgan fingerprint density at radius 1 is 1.40 bits per heavy atom. The van der Waals surface area contributed by atoms with Crippen molar-refractivity contribution < 1.29 is 9.84 Å². The summed E-state index contributed by atoms with van der Waals surface area (Å²) in [7, 11) is 0. The quantitative estimate of drug-likeness (QED) is 0.803. The first-order valence-corrected chi connectivity index (χ1v) is 5.56. The van der Waals surface area contributed by atoms with Gasteiger partial charge in [0.2, 0.25) is 0 Å². The zero-order chi connectivity index (χ0) is 10.7. The van der Waals surface area contributed by atoms with Crippen LogP contribution in [0.15, 0.2) is 30.3 Å². The van der Waals surface area contributed by atoms with Crippen molar-refractivity contribution in [3.63, 3.8) is 0 Å². The highest BCUT2D eigenvalue weighted by Gasteiger charge is 2.33. The Labute approximate surface area is 90.9 Å². The summed E-state index contributed by atoms with van der Waals surface area (Å²) < 4.78 is 5.45. The van der Waals surface area contributed by atoms with Gasteiger partial charge in [0.05, 0.1) is 11.7 Å². The molecule has 2 atom stereocenters. The van der Waals surface area contributed by atoms with Crippen LogP contribution in [0.1, 0.15) is 25.3 Å². The van der Waals surface area contributed by atoms with Crippen LogP contribution >= 0.6 is 0 Å². The molecule has 0 amide bonds. The highest BCUT2D eigenvalue weighted by Crippen LogP contribution is 2.28. The molecular weight excluding hydrogens is 188 g/mol. The SMILES string of the molecule is CC1CC(O)(Cc2ccccc2)CCO1. The molecular formula is C13H18O2. The van der Waals surface area contributed by atoms with Crippen LogP contribution in [0.2, 0.25) is 0 Å². The third kappa shape index (κ3) is 2.80. The number of aliphatic hydroxyl groups is 1. The van der Waals surface area contributed by atoms with Crippen LogP contribution in [0.5, 0.6) is 0 Å². The smallest absolute Gasteiger partial charge is 0.0734 e. The molecule has 1 fully saturated rings. The molecule has 0 saturated carbocycles. The largest absolute Gasteiger partial charge is 0.389 e. The van der Waals surface area contributed by atoms with Crippen molar-refractivity contribution in [2.45, 2.75) is 37.9 Å². The second-order valence-electron chi connectivity index (χ2n) is 4.52. The maximum atomic E-state index is 10.4. The van der Waals surface area contributed by atoms with Gasteiger partial charge in [0.15, 0.2) is 0 Å². The minimum absolute atomic E-state index is 0.174. The topological polar surface area (TPSA) is 29.5 Å². The molecule has 2 heteroatoms. The van der Waals surface area contributed by atoms with E-state index in [2.05, 4.69) is 12.1 Å². The summed E-state index contributed by atoms with van der Waals surface area (Å²) in [6.45, 7) is 2.69. The summed E-state index contributed by atoms with van der Waals surface area (Å²) >= 11 is 0. The normalized spacial score (nSPS) is 31.5. The van der Waals surface area contributed by atoms with Crippen LogP contribution in [-0.4, -0.2) is 23.4 Å². The summed E-state index contributed by atoms with van der Waals surface area (Å²) in [4.78, 5) is 0. The summed E-state index contributed by atoms with van der Waals surface area (Å²) in [6.07, 6.45) is 2.39. The van der Waals surface area contributed by atoms with Crippen LogP contribution in [-0.2, 0) is 11.2 Å². The zero-order valence-corrected chi connectivity index (χ0v) is 9.15. The lowest BCUT2D eigenvalue weighted by Crippen LogP contribution is -2.41. The molecule has 0 aromatic heterocycles. The first kappa shape index (κ1) is 10.7. The van der Waals surface area contributed by atoms with Crippen molar-refractivity contribution in [3.8, 4) is 0 Å². The fourth-order valence-corrected chi connectivity index (χ4v) is 2.28. The van der Waals surface area contributed by atoms with E-state index in [-0.39, 0.29) is 6.10 Å². The Balaban J connectivity index is 2.04. The maximum absolute atomic E-state index is 10.4. The molecule has 15 heavy (non-hydrogen) atoms. The number of rotatable bonds is 2. The molecule has 0 spiro atoms. The Kier molecular flexibility index (Phi) is 3.08. The van der Waals surface area contributed by atoms with Gasteiger partial charge < -0.3 is 9.84 Å². The third-order valence-corrected chi connectivity index (χ3v) is 3.01. The van der Waals surface area contributed by atoms with E-state index in [1.165, 1.54) is 5.56 Å². The molecule has 1 N–H and O–H groups in total. The Hall–Kier alpha value is -0.860. The molecule has 1 aromatic carbocycles. The van der Waals surface area contributed by atoms with E-state index in [9.17, 15) is 5.11 Å². The molecule has 1 aliphatic rings. The first-order chi connectivity index (χ1) is 7.18. The van der Waals surface area contributed by atoms with Gasteiger partial charge in [-0.2, -0.15) is 0 Å². The van der Waals surface area contributed by atoms with Crippen molar-refractivity contribution in [1.29, 1.82) is 0 Å². The Morgan fingerprint density at radius 3 is 2.80 bits per heavy atom. The first-order valence-electron chi connectivity index (χ1n) is 5.56. The molecule has 2 rings (SSSR count). The maximum Gasteiger partial charge on any atom is 0.0734 e. The number of hydrogen-bond acceptors (Lipinski definition) is 2. The average molecular weight is 206 g/mol. The number of hydrogen-bond donors (Lipinski definition) is 1. The van der Waals surface area contributed by atoms with Gasteiger partial charge in [-0.15, -0.1) is 0 Å². The Morgan fingerprint density at radius 2 is 2.13 bits per heavy atom. The second-order valence-corrected chi connectivity index (χ2v) is 4.52. The van der Waals surface area contributed by atoms with Gasteiger partial charge >= 0.3 is 0 Å². The van der Waals surface area contributed by atoms with E-state index in [1.807, 2.05) is 25.1 Å². The number of ether oxygens (including phenoxy) is 1. The van der Waals surface area contributed by atoms with Gasteiger partial charge in [0.25, 0.3) is 0 Å². The molecule has 1 heterocycles. The molecule has 0 bridgehead atoms. The van der Waals surface area contributed by atoms with Gasteiger partial charge in [-0.05, 0) is 18.9 Å². The van der Waals surface area contributed by atoms with Crippen LogP contribution in [0, 0.1) is 0 Å². The fraction of sp³-hybridized carbons (Fsp3) is 0.538. The van der Waals surface area contributed by atoms with Crippen LogP contribution in [0.25, 0.3) is 0 Å². The van der Waals surface area contributed by atoms with E-state index in [1.54, 1.807) is 0 Å². The zero-order valence-electron chi connectivity index (χ0n) is 9.15. The van der Waals surface area contributed by atoms with Gasteiger partial charge in [0.1, 0.15) is 0 Å². The van der Waals surface area contributed by atoms with E-state index in [0.29, 0.717) is 6.61 Å². The minimum Gasteiger partial charge on any atom is -0.389 e. The standard InChI is InChI=1S/C13H18O2/c1-11-9-13(14,7-8-15-11)10-12-5-3-2-4-6-12/h2-6,11,14H,7-10H2,1H3. The molecule has 82 valence electrons. The average Bonchev–Trinajstić information content (AvgIpc) is 2.18. The van der Waals surface area contributed by atoms with E-state index in [0.717, 1.165) is 19.3 Å². The molecule has 2 unspecified atom stereocenters. The lowest BCUT2D eigenvalue weighted by molar-refractivity contribution is -0.0961. The van der Waals surface area contributed by atoms with Gasteiger partial charge in [-0.3, -0.25) is 0 Å². The molecule has 2 nitrogen and oxygen atoms in total. The molecule has 1 aliphatic heterocycles. The molecule has 0 radical (unpaired) electrons. The monoisotopic (exact) mass is 206 g/mol. The van der Waals surface area contributed by atoms with Crippen LogP contribution < -0.4 is 0 Å². The molecule has 0 aliphatic carbocycles. The summed E-state index contributed by atoms with van der Waals surface area (Å²) in [6, 6.07) is 10.2. The lowest BCUT2D eigenvalue weighted by Gasteiger charge is -2.35. The lowest BCUT2D eigenvalue weighted by atomic mass is 9.85. The summed E-state index contributed by atoms with van der Waals surface area (Å²) in [5.41, 5.74) is 0.632. The highest BCUT2D eigenvalue weighted by molar-refractivity contribution is 5.17. The van der Waals surface area contributed by atoms with E-state index < -0.39 is 5.60 Å². The van der Waals surface area contributed by atoms with Gasteiger partial charge in [-0.25, -0.2) is 0 Å². The van der Waals surface area contributed by atoms with E-state index >= 15 is 0 Å². The van der Waals surface area contributed by atoms with Crippen molar-refractivity contribution >= 4 is 0 Å². The minimum atomic E-state index is -0.570. The van der Waals surface area contributed by atoms with Crippen molar-refractivity contribution in [1.82, 2.24) is 0 Å².